The summed E-state index contributed by atoms with van der Waals surface area (Å²) in [4.78, 5) is 19.1. The first kappa shape index (κ1) is 14.4. The van der Waals surface area contributed by atoms with Gasteiger partial charge in [-0.25, -0.2) is 14.8 Å². The van der Waals surface area contributed by atoms with E-state index in [2.05, 4.69) is 43.0 Å². The zero-order chi connectivity index (χ0) is 13.9. The molecular formula is C13H21N3O2. The van der Waals surface area contributed by atoms with E-state index in [4.69, 9.17) is 5.11 Å². The van der Waals surface area contributed by atoms with Crippen LogP contribution in [-0.2, 0) is 0 Å². The van der Waals surface area contributed by atoms with E-state index in [1.807, 2.05) is 0 Å². The molecule has 100 valence electrons. The third kappa shape index (κ3) is 3.68. The highest BCUT2D eigenvalue weighted by Crippen LogP contribution is 2.25. The quantitative estimate of drug-likeness (QED) is 0.841. The molecule has 0 saturated heterocycles. The Morgan fingerprint density at radius 1 is 1.44 bits per heavy atom. The lowest BCUT2D eigenvalue weighted by Crippen LogP contribution is -2.29. The number of aromatic nitrogens is 2. The van der Waals surface area contributed by atoms with Gasteiger partial charge >= 0.3 is 5.97 Å². The van der Waals surface area contributed by atoms with Crippen molar-refractivity contribution >= 4 is 11.9 Å². The molecule has 0 aliphatic heterocycles. The first-order valence-corrected chi connectivity index (χ1v) is 6.05. The predicted octanol–water partition coefficient (Wildman–Crippen LogP) is 2.58. The third-order valence-corrected chi connectivity index (χ3v) is 3.34. The lowest BCUT2D eigenvalue weighted by Gasteiger charge is -2.29. The minimum absolute atomic E-state index is 0.0207. The summed E-state index contributed by atoms with van der Waals surface area (Å²) >= 11 is 0. The molecule has 0 aliphatic carbocycles. The largest absolute Gasteiger partial charge is 0.477 e. The van der Waals surface area contributed by atoms with Gasteiger partial charge in [0.25, 0.3) is 0 Å². The summed E-state index contributed by atoms with van der Waals surface area (Å²) in [6.45, 7) is 11.1. The lowest BCUT2D eigenvalue weighted by atomic mass is 9.81. The SMILES string of the molecule is Cc1cc(C(=O)O)nc(NCC(C)(C)C(C)C)n1. The van der Waals surface area contributed by atoms with Crippen LogP contribution >= 0.6 is 0 Å². The molecule has 0 spiro atoms. The molecule has 0 unspecified atom stereocenters. The average molecular weight is 251 g/mol. The van der Waals surface area contributed by atoms with Crippen molar-refractivity contribution in [1.82, 2.24) is 9.97 Å². The first-order chi connectivity index (χ1) is 8.22. The second kappa shape index (κ2) is 5.33. The molecule has 0 aliphatic rings. The van der Waals surface area contributed by atoms with Crippen molar-refractivity contribution in [3.63, 3.8) is 0 Å². The maximum atomic E-state index is 10.9. The lowest BCUT2D eigenvalue weighted by molar-refractivity contribution is 0.0690. The van der Waals surface area contributed by atoms with Gasteiger partial charge in [-0.05, 0) is 24.3 Å². The van der Waals surface area contributed by atoms with Gasteiger partial charge in [-0.2, -0.15) is 0 Å². The molecule has 1 heterocycles. The zero-order valence-corrected chi connectivity index (χ0v) is 11.6. The number of carbonyl (C=O) groups is 1. The van der Waals surface area contributed by atoms with Crippen molar-refractivity contribution in [2.75, 3.05) is 11.9 Å². The maximum absolute atomic E-state index is 10.9. The summed E-state index contributed by atoms with van der Waals surface area (Å²) in [5, 5.41) is 12.0. The van der Waals surface area contributed by atoms with Crippen molar-refractivity contribution < 1.29 is 9.90 Å². The first-order valence-electron chi connectivity index (χ1n) is 6.05. The second-order valence-corrected chi connectivity index (χ2v) is 5.52. The average Bonchev–Trinajstić information content (AvgIpc) is 2.25. The zero-order valence-electron chi connectivity index (χ0n) is 11.6. The smallest absolute Gasteiger partial charge is 0.354 e. The number of aromatic carboxylic acids is 1. The highest BCUT2D eigenvalue weighted by atomic mass is 16.4. The second-order valence-electron chi connectivity index (χ2n) is 5.52. The molecule has 1 aromatic heterocycles. The van der Waals surface area contributed by atoms with Gasteiger partial charge in [0.1, 0.15) is 0 Å². The molecule has 0 bridgehead atoms. The van der Waals surface area contributed by atoms with E-state index in [0.717, 1.165) is 0 Å². The van der Waals surface area contributed by atoms with Crippen molar-refractivity contribution in [1.29, 1.82) is 0 Å². The Balaban J connectivity index is 2.83. The van der Waals surface area contributed by atoms with Crippen LogP contribution in [0.25, 0.3) is 0 Å². The van der Waals surface area contributed by atoms with E-state index in [0.29, 0.717) is 24.1 Å². The van der Waals surface area contributed by atoms with Gasteiger partial charge in [-0.3, -0.25) is 0 Å². The number of carboxylic acid groups (broad SMARTS) is 1. The number of hydrogen-bond acceptors (Lipinski definition) is 4. The molecule has 18 heavy (non-hydrogen) atoms. The van der Waals surface area contributed by atoms with Crippen LogP contribution in [0.3, 0.4) is 0 Å². The van der Waals surface area contributed by atoms with Crippen molar-refractivity contribution in [3.8, 4) is 0 Å². The molecule has 1 aromatic rings. The monoisotopic (exact) mass is 251 g/mol. The number of rotatable bonds is 5. The summed E-state index contributed by atoms with van der Waals surface area (Å²) in [5.41, 5.74) is 0.760. The number of aryl methyl sites for hydroxylation is 1. The van der Waals surface area contributed by atoms with Gasteiger partial charge in [0, 0.05) is 12.2 Å². The van der Waals surface area contributed by atoms with E-state index in [9.17, 15) is 4.79 Å². The van der Waals surface area contributed by atoms with Crippen LogP contribution in [0.4, 0.5) is 5.95 Å². The van der Waals surface area contributed by atoms with Gasteiger partial charge in [-0.1, -0.05) is 27.7 Å². The Bertz CT molecular complexity index is 442. The molecule has 0 aromatic carbocycles. The van der Waals surface area contributed by atoms with E-state index < -0.39 is 5.97 Å². The molecule has 5 heteroatoms. The Kier molecular flexibility index (Phi) is 4.27. The van der Waals surface area contributed by atoms with Crippen LogP contribution in [0.5, 0.6) is 0 Å². The molecule has 0 saturated carbocycles. The van der Waals surface area contributed by atoms with Gasteiger partial charge in [0.05, 0.1) is 0 Å². The molecule has 0 radical (unpaired) electrons. The van der Waals surface area contributed by atoms with Crippen LogP contribution < -0.4 is 5.32 Å². The van der Waals surface area contributed by atoms with Crippen LogP contribution in [0, 0.1) is 18.3 Å². The van der Waals surface area contributed by atoms with Crippen molar-refractivity contribution in [2.45, 2.75) is 34.6 Å². The highest BCUT2D eigenvalue weighted by molar-refractivity contribution is 5.85. The van der Waals surface area contributed by atoms with Crippen molar-refractivity contribution in [2.24, 2.45) is 11.3 Å². The summed E-state index contributed by atoms with van der Waals surface area (Å²) in [6.07, 6.45) is 0. The Labute approximate surface area is 108 Å². The summed E-state index contributed by atoms with van der Waals surface area (Å²) in [5.74, 6) is -0.151. The number of nitrogens with zero attached hydrogens (tertiary/aromatic N) is 2. The van der Waals surface area contributed by atoms with Gasteiger partial charge in [0.2, 0.25) is 5.95 Å². The Hall–Kier alpha value is -1.65. The van der Waals surface area contributed by atoms with Crippen LogP contribution in [-0.4, -0.2) is 27.6 Å². The van der Waals surface area contributed by atoms with E-state index in [-0.39, 0.29) is 11.1 Å². The minimum Gasteiger partial charge on any atom is -0.477 e. The van der Waals surface area contributed by atoms with E-state index in [1.54, 1.807) is 6.92 Å². The summed E-state index contributed by atoms with van der Waals surface area (Å²) in [6, 6.07) is 1.46. The maximum Gasteiger partial charge on any atom is 0.354 e. The standard InChI is InChI=1S/C13H21N3O2/c1-8(2)13(4,5)7-14-12-15-9(3)6-10(16-12)11(17)18/h6,8H,7H2,1-5H3,(H,17,18)(H,14,15,16). The number of carboxylic acids is 1. The molecule has 0 atom stereocenters. The van der Waals surface area contributed by atoms with Crippen LogP contribution in [0.15, 0.2) is 6.07 Å². The van der Waals surface area contributed by atoms with Gasteiger partial charge < -0.3 is 10.4 Å². The van der Waals surface area contributed by atoms with Gasteiger partial charge in [-0.15, -0.1) is 0 Å². The molecule has 1 rings (SSSR count). The highest BCUT2D eigenvalue weighted by Gasteiger charge is 2.22. The summed E-state index contributed by atoms with van der Waals surface area (Å²) < 4.78 is 0. The molecular weight excluding hydrogens is 230 g/mol. The van der Waals surface area contributed by atoms with Crippen LogP contribution in [0.1, 0.15) is 43.9 Å². The molecule has 0 fully saturated rings. The van der Waals surface area contributed by atoms with E-state index in [1.165, 1.54) is 6.07 Å². The fourth-order valence-corrected chi connectivity index (χ4v) is 1.27. The Morgan fingerprint density at radius 3 is 2.56 bits per heavy atom. The molecule has 0 amide bonds. The number of nitrogens with one attached hydrogen (secondary N) is 1. The normalized spacial score (nSPS) is 11.7. The third-order valence-electron chi connectivity index (χ3n) is 3.34. The van der Waals surface area contributed by atoms with Crippen LogP contribution in [0.2, 0.25) is 0 Å². The molecule has 5 nitrogen and oxygen atoms in total. The fraction of sp³-hybridized carbons (Fsp3) is 0.615. The topological polar surface area (TPSA) is 75.1 Å². The summed E-state index contributed by atoms with van der Waals surface area (Å²) in [7, 11) is 0. The Morgan fingerprint density at radius 2 is 2.06 bits per heavy atom. The molecule has 2 N–H and O–H groups in total. The fourth-order valence-electron chi connectivity index (χ4n) is 1.27. The van der Waals surface area contributed by atoms with Crippen molar-refractivity contribution in [3.05, 3.63) is 17.5 Å². The predicted molar refractivity (Wildman–Crippen MR) is 70.8 cm³/mol. The number of hydrogen-bond donors (Lipinski definition) is 2. The number of anilines is 1. The minimum atomic E-state index is -1.04. The van der Waals surface area contributed by atoms with E-state index >= 15 is 0 Å². The van der Waals surface area contributed by atoms with Gasteiger partial charge in [0.15, 0.2) is 5.69 Å².